The molecule has 1 aromatic carbocycles. The number of hydrogen-bond donors (Lipinski definition) is 1. The summed E-state index contributed by atoms with van der Waals surface area (Å²) in [4.78, 5) is 34.0. The third-order valence-corrected chi connectivity index (χ3v) is 5.77. The van der Waals surface area contributed by atoms with E-state index in [0.29, 0.717) is 16.5 Å². The molecule has 0 spiro atoms. The molecule has 11 heteroatoms. The Labute approximate surface area is 196 Å². The number of halogens is 2. The lowest BCUT2D eigenvalue weighted by molar-refractivity contribution is -0.119. The van der Waals surface area contributed by atoms with E-state index in [9.17, 15) is 9.59 Å². The Morgan fingerprint density at radius 2 is 1.88 bits per heavy atom. The summed E-state index contributed by atoms with van der Waals surface area (Å²) in [5, 5.41) is 9.23. The van der Waals surface area contributed by atoms with E-state index in [4.69, 9.17) is 27.9 Å². The zero-order valence-electron chi connectivity index (χ0n) is 16.6. The van der Waals surface area contributed by atoms with Gasteiger partial charge in [0.25, 0.3) is 11.7 Å². The molecular weight excluding hydrogens is 473 g/mol. The highest BCUT2D eigenvalue weighted by Gasteiger charge is 2.21. The Kier molecular flexibility index (Phi) is 6.50. The van der Waals surface area contributed by atoms with Crippen molar-refractivity contribution in [2.75, 3.05) is 11.9 Å². The van der Waals surface area contributed by atoms with Gasteiger partial charge in [-0.1, -0.05) is 47.5 Å². The third-order valence-electron chi connectivity index (χ3n) is 4.23. The molecule has 0 aliphatic heterocycles. The topological polar surface area (TPSA) is 99.0 Å². The number of amides is 1. The van der Waals surface area contributed by atoms with Gasteiger partial charge in [0, 0.05) is 0 Å². The summed E-state index contributed by atoms with van der Waals surface area (Å²) < 4.78 is 6.65. The van der Waals surface area contributed by atoms with Gasteiger partial charge in [-0.25, -0.2) is 14.5 Å². The minimum atomic E-state index is -0.834. The van der Waals surface area contributed by atoms with E-state index < -0.39 is 18.5 Å². The van der Waals surface area contributed by atoms with Gasteiger partial charge in [0.1, 0.15) is 0 Å². The number of benzene rings is 1. The molecule has 0 bridgehead atoms. The first kappa shape index (κ1) is 21.9. The van der Waals surface area contributed by atoms with Crippen LogP contribution in [-0.2, 0) is 9.53 Å². The molecule has 0 aliphatic rings. The number of aromatic nitrogens is 4. The number of rotatable bonds is 6. The van der Waals surface area contributed by atoms with Gasteiger partial charge >= 0.3 is 5.97 Å². The molecule has 0 saturated carbocycles. The molecule has 32 heavy (non-hydrogen) atoms. The van der Waals surface area contributed by atoms with Crippen LogP contribution in [0.2, 0.25) is 10.0 Å². The lowest BCUT2D eigenvalue weighted by atomic mass is 10.3. The van der Waals surface area contributed by atoms with E-state index in [-0.39, 0.29) is 16.7 Å². The van der Waals surface area contributed by atoms with Crippen molar-refractivity contribution in [2.24, 2.45) is 0 Å². The number of carbonyl (C=O) groups is 2. The lowest BCUT2D eigenvalue weighted by Crippen LogP contribution is -2.22. The summed E-state index contributed by atoms with van der Waals surface area (Å²) >= 11 is 13.4. The molecule has 3 heterocycles. The van der Waals surface area contributed by atoms with Crippen molar-refractivity contribution in [1.82, 2.24) is 19.7 Å². The van der Waals surface area contributed by atoms with Crippen LogP contribution >= 0.6 is 34.5 Å². The highest BCUT2D eigenvalue weighted by molar-refractivity contribution is 7.13. The fourth-order valence-corrected chi connectivity index (χ4v) is 3.83. The van der Waals surface area contributed by atoms with Crippen LogP contribution in [0.5, 0.6) is 0 Å². The number of para-hydroxylation sites is 1. The van der Waals surface area contributed by atoms with E-state index in [1.807, 2.05) is 47.8 Å². The van der Waals surface area contributed by atoms with Gasteiger partial charge in [-0.3, -0.25) is 4.79 Å². The molecule has 0 radical (unpaired) electrons. The Hall–Kier alpha value is -3.27. The minimum Gasteiger partial charge on any atom is -0.450 e. The van der Waals surface area contributed by atoms with Crippen LogP contribution in [0.25, 0.3) is 16.4 Å². The Morgan fingerprint density at radius 3 is 2.59 bits per heavy atom. The molecular formula is C21H15Cl2N5O3S. The van der Waals surface area contributed by atoms with Crippen molar-refractivity contribution in [2.45, 2.75) is 6.92 Å². The summed E-state index contributed by atoms with van der Waals surface area (Å²) in [5.74, 6) is -0.991. The summed E-state index contributed by atoms with van der Waals surface area (Å²) in [7, 11) is 0. The molecule has 0 unspecified atom stereocenters. The normalized spacial score (nSPS) is 10.7. The maximum Gasteiger partial charge on any atom is 0.378 e. The van der Waals surface area contributed by atoms with Gasteiger partial charge in [0.15, 0.2) is 18.2 Å². The van der Waals surface area contributed by atoms with E-state index >= 15 is 0 Å². The van der Waals surface area contributed by atoms with Gasteiger partial charge in [0.05, 0.1) is 26.3 Å². The summed E-state index contributed by atoms with van der Waals surface area (Å²) in [5.41, 5.74) is 1.24. The Bertz CT molecular complexity index is 1280. The number of esters is 1. The van der Waals surface area contributed by atoms with Gasteiger partial charge in [-0.2, -0.15) is 4.98 Å². The fraction of sp³-hybridized carbons (Fsp3) is 0.0952. The van der Waals surface area contributed by atoms with Crippen LogP contribution in [0.3, 0.4) is 0 Å². The fourth-order valence-electron chi connectivity index (χ4n) is 2.72. The molecule has 0 fully saturated rings. The number of nitrogens with one attached hydrogen (secondary N) is 1. The molecule has 1 amide bonds. The molecule has 1 N–H and O–H groups in total. The van der Waals surface area contributed by atoms with E-state index in [2.05, 4.69) is 20.4 Å². The number of aryl methyl sites for hydroxylation is 1. The first-order valence-corrected chi connectivity index (χ1v) is 10.9. The zero-order valence-corrected chi connectivity index (χ0v) is 18.9. The van der Waals surface area contributed by atoms with Gasteiger partial charge in [-0.15, -0.1) is 16.4 Å². The number of ether oxygens (including phenoxy) is 1. The van der Waals surface area contributed by atoms with Crippen LogP contribution in [-0.4, -0.2) is 38.2 Å². The summed E-state index contributed by atoms with van der Waals surface area (Å²) in [6.07, 6.45) is 0. The van der Waals surface area contributed by atoms with Crippen molar-refractivity contribution in [1.29, 1.82) is 0 Å². The summed E-state index contributed by atoms with van der Waals surface area (Å²) in [6.45, 7) is 1.11. The smallest absolute Gasteiger partial charge is 0.378 e. The second-order valence-electron chi connectivity index (χ2n) is 6.49. The van der Waals surface area contributed by atoms with Crippen LogP contribution in [0, 0.1) is 6.92 Å². The monoisotopic (exact) mass is 487 g/mol. The predicted octanol–water partition coefficient (Wildman–Crippen LogP) is 4.80. The maximum absolute atomic E-state index is 12.5. The van der Waals surface area contributed by atoms with Gasteiger partial charge in [-0.05, 0) is 36.6 Å². The molecule has 8 nitrogen and oxygen atoms in total. The van der Waals surface area contributed by atoms with E-state index in [0.717, 1.165) is 10.6 Å². The van der Waals surface area contributed by atoms with Crippen LogP contribution in [0.4, 0.5) is 5.82 Å². The minimum absolute atomic E-state index is 0.126. The lowest BCUT2D eigenvalue weighted by Gasteiger charge is -2.08. The largest absolute Gasteiger partial charge is 0.450 e. The van der Waals surface area contributed by atoms with Crippen LogP contribution in [0.15, 0.2) is 53.9 Å². The Balaban J connectivity index is 1.49. The van der Waals surface area contributed by atoms with Crippen molar-refractivity contribution in [3.63, 3.8) is 0 Å². The SMILES string of the molecule is Cc1nc(NC(=O)COC(=O)c2nc(-c3cccs3)n(-c3ccccc3)n2)c(Cl)cc1Cl. The van der Waals surface area contributed by atoms with Crippen molar-refractivity contribution >= 4 is 52.2 Å². The molecule has 4 aromatic rings. The number of hydrogen-bond acceptors (Lipinski definition) is 7. The molecule has 0 aliphatic carbocycles. The standard InChI is InChI=1S/C21H15Cl2N5O3S/c1-12-14(22)10-15(23)18(24-12)25-17(29)11-31-21(30)19-26-20(16-8-5-9-32-16)28(27-19)13-6-3-2-4-7-13/h2-10H,11H2,1H3,(H,24,25,29). The number of anilines is 1. The van der Waals surface area contributed by atoms with E-state index in [1.165, 1.54) is 17.4 Å². The first-order chi connectivity index (χ1) is 15.4. The quantitative estimate of drug-likeness (QED) is 0.392. The average Bonchev–Trinajstić information content (AvgIpc) is 3.46. The number of carbonyl (C=O) groups excluding carboxylic acids is 2. The van der Waals surface area contributed by atoms with Crippen molar-refractivity contribution < 1.29 is 14.3 Å². The predicted molar refractivity (Wildman–Crippen MR) is 123 cm³/mol. The molecule has 4 rings (SSSR count). The molecule has 162 valence electrons. The summed E-state index contributed by atoms with van der Waals surface area (Å²) in [6, 6.07) is 14.5. The second kappa shape index (κ2) is 9.47. The zero-order chi connectivity index (χ0) is 22.7. The van der Waals surface area contributed by atoms with Gasteiger partial charge < -0.3 is 10.1 Å². The Morgan fingerprint density at radius 1 is 1.09 bits per heavy atom. The second-order valence-corrected chi connectivity index (χ2v) is 8.26. The number of thiophene rings is 1. The highest BCUT2D eigenvalue weighted by Crippen LogP contribution is 2.26. The maximum atomic E-state index is 12.5. The number of nitrogens with zero attached hydrogens (tertiary/aromatic N) is 4. The first-order valence-electron chi connectivity index (χ1n) is 9.28. The van der Waals surface area contributed by atoms with Crippen molar-refractivity contribution in [3.05, 3.63) is 75.5 Å². The van der Waals surface area contributed by atoms with Crippen molar-refractivity contribution in [3.8, 4) is 16.4 Å². The molecule has 3 aromatic heterocycles. The van der Waals surface area contributed by atoms with Crippen LogP contribution in [0.1, 0.15) is 16.3 Å². The van der Waals surface area contributed by atoms with Gasteiger partial charge in [0.2, 0.25) is 0 Å². The van der Waals surface area contributed by atoms with Crippen LogP contribution < -0.4 is 5.32 Å². The average molecular weight is 488 g/mol. The third kappa shape index (κ3) is 4.80. The van der Waals surface area contributed by atoms with E-state index in [1.54, 1.807) is 11.6 Å². The molecule has 0 saturated heterocycles. The molecule has 0 atom stereocenters. The highest BCUT2D eigenvalue weighted by atomic mass is 35.5. The number of pyridine rings is 1.